The molecule has 0 atom stereocenters. The van der Waals surface area contributed by atoms with Crippen LogP contribution >= 0.6 is 0 Å². The second kappa shape index (κ2) is 11.4. The quantitative estimate of drug-likeness (QED) is 0.346. The molecule has 33 heavy (non-hydrogen) atoms. The Balaban J connectivity index is 1.77. The van der Waals surface area contributed by atoms with Crippen LogP contribution in [-0.2, 0) is 4.79 Å². The molecule has 0 unspecified atom stereocenters. The molecule has 0 heterocycles. The highest BCUT2D eigenvalue weighted by Gasteiger charge is 2.12. The van der Waals surface area contributed by atoms with Gasteiger partial charge < -0.3 is 24.3 Å². The lowest BCUT2D eigenvalue weighted by atomic mass is 10.1. The number of nitrogens with one attached hydrogen (secondary N) is 1. The molecule has 1 amide bonds. The summed E-state index contributed by atoms with van der Waals surface area (Å²) in [5.74, 6) is 2.22. The Bertz CT molecular complexity index is 1120. The summed E-state index contributed by atoms with van der Waals surface area (Å²) in [5, 5.41) is 2.93. The van der Waals surface area contributed by atoms with Gasteiger partial charge in [-0.2, -0.15) is 0 Å². The minimum Gasteiger partial charge on any atom is -0.497 e. The maximum Gasteiger partial charge on any atom is 0.248 e. The third-order valence-corrected chi connectivity index (χ3v) is 4.90. The first-order valence-corrected chi connectivity index (χ1v) is 10.3. The highest BCUT2D eigenvalue weighted by molar-refractivity contribution is 6.03. The van der Waals surface area contributed by atoms with Crippen molar-refractivity contribution in [1.29, 1.82) is 0 Å². The molecule has 0 radical (unpaired) electrons. The van der Waals surface area contributed by atoms with Crippen molar-refractivity contribution in [2.45, 2.75) is 0 Å². The van der Waals surface area contributed by atoms with E-state index < -0.39 is 0 Å². The van der Waals surface area contributed by atoms with Crippen LogP contribution in [0.25, 0.3) is 18.2 Å². The van der Waals surface area contributed by atoms with Crippen molar-refractivity contribution in [3.63, 3.8) is 0 Å². The van der Waals surface area contributed by atoms with Gasteiger partial charge in [-0.05, 0) is 53.1 Å². The van der Waals surface area contributed by atoms with Gasteiger partial charge >= 0.3 is 0 Å². The third kappa shape index (κ3) is 6.17. The SMILES string of the molecule is COc1ccc(/C=C/C(=O)Nc2ccccc2/C=C/c2cc(OC)c(OC)c(OC)c2)cc1. The summed E-state index contributed by atoms with van der Waals surface area (Å²) in [5.41, 5.74) is 3.33. The minimum atomic E-state index is -0.223. The molecular formula is C27H27NO5. The van der Waals surface area contributed by atoms with Crippen molar-refractivity contribution in [3.05, 3.63) is 83.4 Å². The van der Waals surface area contributed by atoms with Gasteiger partial charge in [0.1, 0.15) is 5.75 Å². The topological polar surface area (TPSA) is 66.0 Å². The van der Waals surface area contributed by atoms with Gasteiger partial charge in [0.2, 0.25) is 11.7 Å². The van der Waals surface area contributed by atoms with Gasteiger partial charge in [-0.15, -0.1) is 0 Å². The summed E-state index contributed by atoms with van der Waals surface area (Å²) < 4.78 is 21.3. The normalized spacial score (nSPS) is 10.9. The molecule has 0 aliphatic heterocycles. The van der Waals surface area contributed by atoms with Crippen LogP contribution in [0.5, 0.6) is 23.0 Å². The van der Waals surface area contributed by atoms with E-state index >= 15 is 0 Å². The largest absolute Gasteiger partial charge is 0.497 e. The fourth-order valence-corrected chi connectivity index (χ4v) is 3.20. The Morgan fingerprint density at radius 3 is 2.00 bits per heavy atom. The van der Waals surface area contributed by atoms with E-state index in [1.165, 1.54) is 6.08 Å². The first-order chi connectivity index (χ1) is 16.1. The predicted molar refractivity (Wildman–Crippen MR) is 132 cm³/mol. The molecule has 3 aromatic rings. The number of carbonyl (C=O) groups excluding carboxylic acids is 1. The van der Waals surface area contributed by atoms with Crippen LogP contribution in [-0.4, -0.2) is 34.3 Å². The van der Waals surface area contributed by atoms with Crippen LogP contribution in [0, 0.1) is 0 Å². The van der Waals surface area contributed by atoms with E-state index in [1.54, 1.807) is 34.5 Å². The number of hydrogen-bond acceptors (Lipinski definition) is 5. The lowest BCUT2D eigenvalue weighted by molar-refractivity contribution is -0.111. The molecule has 0 saturated heterocycles. The van der Waals surface area contributed by atoms with E-state index in [9.17, 15) is 4.79 Å². The number of hydrogen-bond donors (Lipinski definition) is 1. The van der Waals surface area contributed by atoms with E-state index in [2.05, 4.69) is 5.32 Å². The number of benzene rings is 3. The summed E-state index contributed by atoms with van der Waals surface area (Å²) in [6.07, 6.45) is 7.09. The fraction of sp³-hybridized carbons (Fsp3) is 0.148. The van der Waals surface area contributed by atoms with Gasteiger partial charge in [-0.3, -0.25) is 4.79 Å². The van der Waals surface area contributed by atoms with E-state index in [1.807, 2.05) is 72.8 Å². The monoisotopic (exact) mass is 445 g/mol. The molecule has 0 aliphatic carbocycles. The molecule has 170 valence electrons. The molecule has 0 bridgehead atoms. The maximum atomic E-state index is 12.5. The minimum absolute atomic E-state index is 0.223. The number of amides is 1. The Kier molecular flexibility index (Phi) is 8.13. The highest BCUT2D eigenvalue weighted by Crippen LogP contribution is 2.38. The summed E-state index contributed by atoms with van der Waals surface area (Å²) in [6.45, 7) is 0. The van der Waals surface area contributed by atoms with Gasteiger partial charge in [-0.25, -0.2) is 0 Å². The van der Waals surface area contributed by atoms with E-state index in [-0.39, 0.29) is 5.91 Å². The van der Waals surface area contributed by atoms with Crippen molar-refractivity contribution in [3.8, 4) is 23.0 Å². The van der Waals surface area contributed by atoms with Gasteiger partial charge in [0, 0.05) is 11.8 Å². The lowest BCUT2D eigenvalue weighted by Crippen LogP contribution is -2.08. The zero-order valence-corrected chi connectivity index (χ0v) is 19.1. The van der Waals surface area contributed by atoms with Crippen LogP contribution in [0.2, 0.25) is 0 Å². The van der Waals surface area contributed by atoms with Crippen LogP contribution in [0.3, 0.4) is 0 Å². The molecule has 0 aliphatic rings. The lowest BCUT2D eigenvalue weighted by Gasteiger charge is -2.13. The van der Waals surface area contributed by atoms with Crippen LogP contribution < -0.4 is 24.3 Å². The number of anilines is 1. The van der Waals surface area contributed by atoms with E-state index in [0.29, 0.717) is 22.9 Å². The average molecular weight is 446 g/mol. The summed E-state index contributed by atoms with van der Waals surface area (Å²) in [6, 6.07) is 18.8. The Labute approximate surface area is 194 Å². The third-order valence-electron chi connectivity index (χ3n) is 4.90. The smallest absolute Gasteiger partial charge is 0.248 e. The molecule has 0 fully saturated rings. The standard InChI is InChI=1S/C27H27NO5/c1-30-22-14-10-19(11-15-22)12-16-26(29)28-23-8-6-5-7-21(23)13-9-20-17-24(31-2)27(33-4)25(18-20)32-3/h5-18H,1-4H3,(H,28,29)/b13-9+,16-12+. The first-order valence-electron chi connectivity index (χ1n) is 10.3. The van der Waals surface area contributed by atoms with Crippen molar-refractivity contribution < 1.29 is 23.7 Å². The second-order valence-corrected chi connectivity index (χ2v) is 6.98. The van der Waals surface area contributed by atoms with Crippen LogP contribution in [0.4, 0.5) is 5.69 Å². The van der Waals surface area contributed by atoms with E-state index in [4.69, 9.17) is 18.9 Å². The molecule has 6 heteroatoms. The first kappa shape index (κ1) is 23.5. The molecular weight excluding hydrogens is 418 g/mol. The highest BCUT2D eigenvalue weighted by atomic mass is 16.5. The number of rotatable bonds is 9. The zero-order chi connectivity index (χ0) is 23.6. The van der Waals surface area contributed by atoms with Gasteiger partial charge in [0.25, 0.3) is 0 Å². The summed E-state index contributed by atoms with van der Waals surface area (Å²) in [7, 11) is 6.34. The van der Waals surface area contributed by atoms with Crippen molar-refractivity contribution in [2.24, 2.45) is 0 Å². The second-order valence-electron chi connectivity index (χ2n) is 6.98. The Morgan fingerprint density at radius 1 is 0.727 bits per heavy atom. The number of carbonyl (C=O) groups is 1. The van der Waals surface area contributed by atoms with Crippen molar-refractivity contribution in [1.82, 2.24) is 0 Å². The average Bonchev–Trinajstić information content (AvgIpc) is 2.86. The molecule has 3 rings (SSSR count). The predicted octanol–water partition coefficient (Wildman–Crippen LogP) is 5.54. The molecule has 0 aromatic heterocycles. The molecule has 0 spiro atoms. The van der Waals surface area contributed by atoms with Crippen LogP contribution in [0.15, 0.2) is 66.7 Å². The van der Waals surface area contributed by atoms with Gasteiger partial charge in [0.05, 0.1) is 28.4 Å². The maximum absolute atomic E-state index is 12.5. The molecule has 6 nitrogen and oxygen atoms in total. The summed E-state index contributed by atoms with van der Waals surface area (Å²) >= 11 is 0. The number of methoxy groups -OCH3 is 4. The Morgan fingerprint density at radius 2 is 1.39 bits per heavy atom. The number of para-hydroxylation sites is 1. The van der Waals surface area contributed by atoms with Gasteiger partial charge in [0.15, 0.2) is 11.5 Å². The van der Waals surface area contributed by atoms with E-state index in [0.717, 1.165) is 22.4 Å². The molecule has 1 N–H and O–H groups in total. The summed E-state index contributed by atoms with van der Waals surface area (Å²) in [4.78, 5) is 12.5. The van der Waals surface area contributed by atoms with Gasteiger partial charge in [-0.1, -0.05) is 42.5 Å². The van der Waals surface area contributed by atoms with Crippen LogP contribution in [0.1, 0.15) is 16.7 Å². The van der Waals surface area contributed by atoms with Crippen molar-refractivity contribution in [2.75, 3.05) is 33.8 Å². The van der Waals surface area contributed by atoms with Crippen molar-refractivity contribution >= 4 is 29.8 Å². The fourth-order valence-electron chi connectivity index (χ4n) is 3.20. The number of ether oxygens (including phenoxy) is 4. The molecule has 3 aromatic carbocycles. The Hall–Kier alpha value is -4.19. The molecule has 0 saturated carbocycles. The zero-order valence-electron chi connectivity index (χ0n) is 19.1.